The van der Waals surface area contributed by atoms with Crippen LogP contribution in [0.2, 0.25) is 0 Å². The van der Waals surface area contributed by atoms with Crippen molar-refractivity contribution >= 4 is 35.2 Å². The highest BCUT2D eigenvalue weighted by Crippen LogP contribution is 2.03. The number of hydrogen-bond donors (Lipinski definition) is 2. The fourth-order valence-electron chi connectivity index (χ4n) is 0.989. The predicted octanol–water partition coefficient (Wildman–Crippen LogP) is 0.474. The highest BCUT2D eigenvalue weighted by atomic mass is 32.2. The molecule has 16 heavy (non-hydrogen) atoms. The zero-order valence-electron chi connectivity index (χ0n) is 8.54. The molecule has 0 aliphatic rings. The van der Waals surface area contributed by atoms with Crippen LogP contribution >= 0.6 is 23.3 Å². The summed E-state index contributed by atoms with van der Waals surface area (Å²) < 4.78 is 3.54. The summed E-state index contributed by atoms with van der Waals surface area (Å²) in [5, 5.41) is 16.3. The van der Waals surface area contributed by atoms with Gasteiger partial charge in [0.25, 0.3) is 5.91 Å². The van der Waals surface area contributed by atoms with Crippen LogP contribution in [-0.4, -0.2) is 44.6 Å². The number of carboxylic acid groups (broad SMARTS) is 1. The average Bonchev–Trinajstić information content (AvgIpc) is 2.76. The van der Waals surface area contributed by atoms with Crippen molar-refractivity contribution in [3.8, 4) is 0 Å². The molecule has 2 N–H and O–H groups in total. The number of amides is 1. The van der Waals surface area contributed by atoms with E-state index in [0.717, 1.165) is 11.5 Å². The molecule has 0 aliphatic heterocycles. The number of carboxylic acids is 1. The van der Waals surface area contributed by atoms with Gasteiger partial charge in [-0.05, 0) is 30.0 Å². The Balaban J connectivity index is 2.54. The van der Waals surface area contributed by atoms with Gasteiger partial charge in [-0.25, -0.2) is 4.79 Å². The monoisotopic (exact) mass is 261 g/mol. The smallest absolute Gasteiger partial charge is 0.326 e. The molecule has 1 unspecified atom stereocenters. The summed E-state index contributed by atoms with van der Waals surface area (Å²) in [6, 6.07) is -0.873. The second-order valence-corrected chi connectivity index (χ2v) is 4.53. The molecule has 0 spiro atoms. The predicted molar refractivity (Wildman–Crippen MR) is 61.8 cm³/mol. The lowest BCUT2D eigenvalue weighted by Gasteiger charge is -2.12. The van der Waals surface area contributed by atoms with Crippen molar-refractivity contribution in [3.63, 3.8) is 0 Å². The lowest BCUT2D eigenvalue weighted by Crippen LogP contribution is -2.41. The lowest BCUT2D eigenvalue weighted by molar-refractivity contribution is -0.139. The number of rotatable bonds is 6. The summed E-state index contributed by atoms with van der Waals surface area (Å²) in [6.07, 6.45) is 2.27. The second kappa shape index (κ2) is 6.44. The van der Waals surface area contributed by atoms with Gasteiger partial charge in [-0.3, -0.25) is 4.79 Å². The van der Waals surface area contributed by atoms with Crippen LogP contribution in [0.3, 0.4) is 0 Å². The molecule has 1 aromatic heterocycles. The van der Waals surface area contributed by atoms with Gasteiger partial charge in [0, 0.05) is 5.38 Å². The zero-order valence-corrected chi connectivity index (χ0v) is 10.2. The second-order valence-electron chi connectivity index (χ2n) is 2.94. The molecule has 1 rings (SSSR count). The molecule has 88 valence electrons. The molecule has 0 bridgehead atoms. The maximum atomic E-state index is 11.5. The van der Waals surface area contributed by atoms with E-state index in [-0.39, 0.29) is 5.69 Å². The van der Waals surface area contributed by atoms with Crippen molar-refractivity contribution in [1.82, 2.24) is 14.9 Å². The lowest BCUT2D eigenvalue weighted by atomic mass is 10.2. The molecule has 1 amide bonds. The fourth-order valence-corrected chi connectivity index (χ4v) is 1.90. The molecular weight excluding hydrogens is 250 g/mol. The van der Waals surface area contributed by atoms with Crippen LogP contribution in [0.15, 0.2) is 5.38 Å². The fraction of sp³-hybridized carbons (Fsp3) is 0.500. The normalized spacial score (nSPS) is 12.1. The highest BCUT2D eigenvalue weighted by Gasteiger charge is 2.21. The van der Waals surface area contributed by atoms with E-state index in [0.29, 0.717) is 12.2 Å². The van der Waals surface area contributed by atoms with Crippen LogP contribution in [0, 0.1) is 0 Å². The van der Waals surface area contributed by atoms with Crippen molar-refractivity contribution in [3.05, 3.63) is 11.1 Å². The molecule has 0 saturated carbocycles. The molecule has 1 aromatic rings. The van der Waals surface area contributed by atoms with Gasteiger partial charge in [0.05, 0.1) is 0 Å². The Morgan fingerprint density at radius 3 is 2.94 bits per heavy atom. The topological polar surface area (TPSA) is 92.2 Å². The van der Waals surface area contributed by atoms with Crippen LogP contribution in [0.25, 0.3) is 0 Å². The minimum absolute atomic E-state index is 0.153. The molecule has 1 atom stereocenters. The number of carbonyl (C=O) groups is 2. The molecule has 6 nitrogen and oxygen atoms in total. The van der Waals surface area contributed by atoms with Gasteiger partial charge in [0.1, 0.15) is 6.04 Å². The van der Waals surface area contributed by atoms with Crippen molar-refractivity contribution in [2.45, 2.75) is 12.5 Å². The Bertz CT molecular complexity index is 355. The van der Waals surface area contributed by atoms with E-state index >= 15 is 0 Å². The van der Waals surface area contributed by atoms with E-state index in [4.69, 9.17) is 5.11 Å². The Hall–Kier alpha value is -1.15. The molecule has 0 radical (unpaired) electrons. The van der Waals surface area contributed by atoms with Gasteiger partial charge in [0.2, 0.25) is 0 Å². The van der Waals surface area contributed by atoms with Gasteiger partial charge in [-0.15, -0.1) is 5.10 Å². The summed E-state index contributed by atoms with van der Waals surface area (Å²) in [6.45, 7) is 0. The quantitative estimate of drug-likeness (QED) is 0.773. The van der Waals surface area contributed by atoms with Crippen molar-refractivity contribution in [2.75, 3.05) is 12.0 Å². The number of aliphatic carboxylic acids is 1. The van der Waals surface area contributed by atoms with Gasteiger partial charge >= 0.3 is 5.97 Å². The maximum Gasteiger partial charge on any atom is 0.326 e. The molecule has 0 aromatic carbocycles. The van der Waals surface area contributed by atoms with Crippen molar-refractivity contribution in [1.29, 1.82) is 0 Å². The van der Waals surface area contributed by atoms with E-state index in [2.05, 4.69) is 14.9 Å². The number of aromatic nitrogens is 2. The first kappa shape index (κ1) is 12.9. The van der Waals surface area contributed by atoms with E-state index in [1.807, 2.05) is 6.26 Å². The minimum Gasteiger partial charge on any atom is -0.480 e. The molecule has 0 fully saturated rings. The number of carbonyl (C=O) groups excluding carboxylic acids is 1. The Morgan fingerprint density at radius 1 is 1.69 bits per heavy atom. The Labute approximate surface area is 101 Å². The third kappa shape index (κ3) is 3.78. The van der Waals surface area contributed by atoms with E-state index < -0.39 is 17.9 Å². The maximum absolute atomic E-state index is 11.5. The van der Waals surface area contributed by atoms with Crippen LogP contribution in [0.5, 0.6) is 0 Å². The average molecular weight is 261 g/mol. The zero-order chi connectivity index (χ0) is 12.0. The van der Waals surface area contributed by atoms with Crippen molar-refractivity contribution < 1.29 is 14.7 Å². The standard InChI is InChI=1S/C8H11N3O3S2/c1-15-3-2-5(8(13)14)9-7(12)6-4-16-11-10-6/h4-5H,2-3H2,1H3,(H,9,12)(H,13,14). The Morgan fingerprint density at radius 2 is 2.44 bits per heavy atom. The van der Waals surface area contributed by atoms with Gasteiger partial charge in [0.15, 0.2) is 5.69 Å². The van der Waals surface area contributed by atoms with E-state index in [1.165, 1.54) is 17.1 Å². The third-order valence-corrected chi connectivity index (χ3v) is 2.96. The molecular formula is C8H11N3O3S2. The summed E-state index contributed by atoms with van der Waals surface area (Å²) in [5.41, 5.74) is 0.153. The largest absolute Gasteiger partial charge is 0.480 e. The number of hydrogen-bond acceptors (Lipinski definition) is 6. The molecule has 8 heteroatoms. The summed E-state index contributed by atoms with van der Waals surface area (Å²) >= 11 is 2.58. The van der Waals surface area contributed by atoms with Gasteiger partial charge in [-0.2, -0.15) is 11.8 Å². The van der Waals surface area contributed by atoms with Gasteiger partial charge in [-0.1, -0.05) is 4.49 Å². The Kier molecular flexibility index (Phi) is 5.20. The summed E-state index contributed by atoms with van der Waals surface area (Å²) in [5.74, 6) is -0.861. The van der Waals surface area contributed by atoms with E-state index in [9.17, 15) is 9.59 Å². The van der Waals surface area contributed by atoms with Gasteiger partial charge < -0.3 is 10.4 Å². The van der Waals surface area contributed by atoms with E-state index in [1.54, 1.807) is 0 Å². The number of nitrogens with one attached hydrogen (secondary N) is 1. The molecule has 0 saturated heterocycles. The minimum atomic E-state index is -1.04. The SMILES string of the molecule is CSCCC(NC(=O)c1csnn1)C(=O)O. The number of nitrogens with zero attached hydrogens (tertiary/aromatic N) is 2. The number of thioether (sulfide) groups is 1. The molecule has 0 aliphatic carbocycles. The first-order valence-corrected chi connectivity index (χ1v) is 6.68. The summed E-state index contributed by atoms with van der Waals surface area (Å²) in [4.78, 5) is 22.4. The third-order valence-electron chi connectivity index (χ3n) is 1.81. The first-order valence-electron chi connectivity index (χ1n) is 4.44. The van der Waals surface area contributed by atoms with Crippen LogP contribution in [0.4, 0.5) is 0 Å². The highest BCUT2D eigenvalue weighted by molar-refractivity contribution is 7.98. The van der Waals surface area contributed by atoms with Crippen molar-refractivity contribution in [2.24, 2.45) is 0 Å². The van der Waals surface area contributed by atoms with Crippen LogP contribution in [-0.2, 0) is 4.79 Å². The van der Waals surface area contributed by atoms with Crippen LogP contribution < -0.4 is 5.32 Å². The first-order chi connectivity index (χ1) is 7.65. The van der Waals surface area contributed by atoms with Crippen LogP contribution in [0.1, 0.15) is 16.9 Å². The summed E-state index contributed by atoms with van der Waals surface area (Å²) in [7, 11) is 0. The molecule has 1 heterocycles.